The zero-order chi connectivity index (χ0) is 19.0. The SMILES string of the molecule is CCOC(=O)CNCc1ccc(OCc2ccc([Si](C)(C)C)cc2)cc1. The number of carbonyl (C=O) groups excluding carboxylic acids is 1. The van der Waals surface area contributed by atoms with Crippen LogP contribution in [0.3, 0.4) is 0 Å². The molecular formula is C21H29NO3Si. The molecule has 0 aromatic heterocycles. The maximum absolute atomic E-state index is 11.3. The summed E-state index contributed by atoms with van der Waals surface area (Å²) in [6.07, 6.45) is 0. The van der Waals surface area contributed by atoms with E-state index in [1.807, 2.05) is 24.3 Å². The van der Waals surface area contributed by atoms with Gasteiger partial charge in [0.05, 0.1) is 21.2 Å². The largest absolute Gasteiger partial charge is 0.489 e. The molecule has 0 saturated heterocycles. The van der Waals surface area contributed by atoms with Crippen molar-refractivity contribution in [2.75, 3.05) is 13.2 Å². The predicted molar refractivity (Wildman–Crippen MR) is 109 cm³/mol. The van der Waals surface area contributed by atoms with E-state index in [4.69, 9.17) is 9.47 Å². The van der Waals surface area contributed by atoms with Crippen molar-refractivity contribution < 1.29 is 14.3 Å². The van der Waals surface area contributed by atoms with Crippen LogP contribution in [0.4, 0.5) is 0 Å². The van der Waals surface area contributed by atoms with Crippen molar-refractivity contribution >= 4 is 19.2 Å². The van der Waals surface area contributed by atoms with Gasteiger partial charge in [0, 0.05) is 6.54 Å². The van der Waals surface area contributed by atoms with Crippen molar-refractivity contribution in [3.05, 3.63) is 59.7 Å². The van der Waals surface area contributed by atoms with Crippen molar-refractivity contribution in [3.63, 3.8) is 0 Å². The van der Waals surface area contributed by atoms with Crippen LogP contribution in [0, 0.1) is 0 Å². The maximum Gasteiger partial charge on any atom is 0.319 e. The molecule has 0 spiro atoms. The van der Waals surface area contributed by atoms with E-state index in [0.717, 1.165) is 11.3 Å². The van der Waals surface area contributed by atoms with Crippen molar-refractivity contribution in [2.45, 2.75) is 39.7 Å². The Bertz CT molecular complexity index is 691. The second-order valence-electron chi connectivity index (χ2n) is 7.29. The molecule has 0 saturated carbocycles. The van der Waals surface area contributed by atoms with Gasteiger partial charge < -0.3 is 14.8 Å². The third-order valence-electron chi connectivity index (χ3n) is 4.05. The minimum Gasteiger partial charge on any atom is -0.489 e. The van der Waals surface area contributed by atoms with Gasteiger partial charge in [0.15, 0.2) is 0 Å². The minimum absolute atomic E-state index is 0.222. The quantitative estimate of drug-likeness (QED) is 0.542. The van der Waals surface area contributed by atoms with Gasteiger partial charge in [0.2, 0.25) is 0 Å². The average molecular weight is 372 g/mol. The minimum atomic E-state index is -1.25. The van der Waals surface area contributed by atoms with Gasteiger partial charge in [-0.2, -0.15) is 0 Å². The Balaban J connectivity index is 1.79. The molecule has 0 unspecified atom stereocenters. The molecule has 0 aliphatic heterocycles. The van der Waals surface area contributed by atoms with Crippen LogP contribution in [-0.2, 0) is 22.7 Å². The summed E-state index contributed by atoms with van der Waals surface area (Å²) in [4.78, 5) is 11.3. The molecule has 2 aromatic carbocycles. The Hall–Kier alpha value is -2.11. The average Bonchev–Trinajstić information content (AvgIpc) is 2.61. The van der Waals surface area contributed by atoms with Crippen LogP contribution in [0.2, 0.25) is 19.6 Å². The summed E-state index contributed by atoms with van der Waals surface area (Å²) in [5.41, 5.74) is 2.27. The monoisotopic (exact) mass is 371 g/mol. The summed E-state index contributed by atoms with van der Waals surface area (Å²) in [7, 11) is -1.25. The van der Waals surface area contributed by atoms with E-state index in [9.17, 15) is 4.79 Å². The fraction of sp³-hybridized carbons (Fsp3) is 0.381. The summed E-state index contributed by atoms with van der Waals surface area (Å²) >= 11 is 0. The van der Waals surface area contributed by atoms with E-state index in [-0.39, 0.29) is 12.5 Å². The zero-order valence-electron chi connectivity index (χ0n) is 16.2. The molecule has 0 bridgehead atoms. The van der Waals surface area contributed by atoms with Gasteiger partial charge in [-0.15, -0.1) is 0 Å². The van der Waals surface area contributed by atoms with E-state index in [0.29, 0.717) is 19.8 Å². The summed E-state index contributed by atoms with van der Waals surface area (Å²) < 4.78 is 10.7. The molecule has 0 atom stereocenters. The van der Waals surface area contributed by atoms with Crippen LogP contribution < -0.4 is 15.2 Å². The number of carbonyl (C=O) groups is 1. The summed E-state index contributed by atoms with van der Waals surface area (Å²) in [5.74, 6) is 0.612. The summed E-state index contributed by atoms with van der Waals surface area (Å²) in [6.45, 7) is 10.7. The topological polar surface area (TPSA) is 47.6 Å². The molecule has 26 heavy (non-hydrogen) atoms. The highest BCUT2D eigenvalue weighted by Gasteiger charge is 2.15. The lowest BCUT2D eigenvalue weighted by Gasteiger charge is -2.16. The first-order chi connectivity index (χ1) is 12.4. The number of hydrogen-bond donors (Lipinski definition) is 1. The van der Waals surface area contributed by atoms with Gasteiger partial charge >= 0.3 is 5.97 Å². The van der Waals surface area contributed by atoms with E-state index in [1.165, 1.54) is 10.8 Å². The first-order valence-electron chi connectivity index (χ1n) is 9.06. The molecule has 4 nitrogen and oxygen atoms in total. The molecule has 0 amide bonds. The predicted octanol–water partition coefficient (Wildman–Crippen LogP) is 3.46. The standard InChI is InChI=1S/C21H29NO3Si/c1-5-24-21(23)15-22-14-17-6-10-19(11-7-17)25-16-18-8-12-20(13-9-18)26(2,3)4/h6-13,22H,5,14-16H2,1-4H3. The van der Waals surface area contributed by atoms with Crippen molar-refractivity contribution in [2.24, 2.45) is 0 Å². The summed E-state index contributed by atoms with van der Waals surface area (Å²) in [5, 5.41) is 4.53. The Kier molecular flexibility index (Phi) is 7.42. The molecular weight excluding hydrogens is 342 g/mol. The zero-order valence-corrected chi connectivity index (χ0v) is 17.2. The third-order valence-corrected chi connectivity index (χ3v) is 6.12. The number of rotatable bonds is 9. The Morgan fingerprint density at radius 1 is 0.962 bits per heavy atom. The highest BCUT2D eigenvalue weighted by atomic mass is 28.3. The first-order valence-corrected chi connectivity index (χ1v) is 12.6. The molecule has 140 valence electrons. The lowest BCUT2D eigenvalue weighted by Crippen LogP contribution is -2.37. The highest BCUT2D eigenvalue weighted by molar-refractivity contribution is 6.88. The molecule has 0 heterocycles. The second kappa shape index (κ2) is 9.55. The van der Waals surface area contributed by atoms with Gasteiger partial charge in [-0.1, -0.05) is 61.2 Å². The van der Waals surface area contributed by atoms with E-state index >= 15 is 0 Å². The van der Waals surface area contributed by atoms with Crippen LogP contribution in [0.25, 0.3) is 0 Å². The third kappa shape index (κ3) is 6.65. The van der Waals surface area contributed by atoms with Crippen LogP contribution in [-0.4, -0.2) is 27.2 Å². The Morgan fingerprint density at radius 2 is 1.58 bits per heavy atom. The smallest absolute Gasteiger partial charge is 0.319 e. The Labute approximate surface area is 157 Å². The summed E-state index contributed by atoms with van der Waals surface area (Å²) in [6, 6.07) is 16.7. The molecule has 0 radical (unpaired) electrons. The molecule has 0 fully saturated rings. The lowest BCUT2D eigenvalue weighted by molar-refractivity contribution is -0.142. The van der Waals surface area contributed by atoms with E-state index in [1.54, 1.807) is 6.92 Å². The van der Waals surface area contributed by atoms with Gasteiger partial charge in [0.1, 0.15) is 12.4 Å². The van der Waals surface area contributed by atoms with Crippen molar-refractivity contribution in [3.8, 4) is 5.75 Å². The molecule has 2 aromatic rings. The van der Waals surface area contributed by atoms with Crippen LogP contribution in [0.5, 0.6) is 5.75 Å². The van der Waals surface area contributed by atoms with Crippen molar-refractivity contribution in [1.29, 1.82) is 0 Å². The fourth-order valence-corrected chi connectivity index (χ4v) is 3.66. The Morgan fingerprint density at radius 3 is 2.15 bits per heavy atom. The van der Waals surface area contributed by atoms with Crippen LogP contribution in [0.1, 0.15) is 18.1 Å². The molecule has 0 aliphatic carbocycles. The molecule has 1 N–H and O–H groups in total. The van der Waals surface area contributed by atoms with Gasteiger partial charge in [0.25, 0.3) is 0 Å². The number of hydrogen-bond acceptors (Lipinski definition) is 4. The highest BCUT2D eigenvalue weighted by Crippen LogP contribution is 2.14. The second-order valence-corrected chi connectivity index (χ2v) is 12.4. The van der Waals surface area contributed by atoms with Crippen LogP contribution in [0.15, 0.2) is 48.5 Å². The number of nitrogens with one attached hydrogen (secondary N) is 1. The molecule has 0 aliphatic rings. The lowest BCUT2D eigenvalue weighted by atomic mass is 10.2. The first kappa shape index (κ1) is 20.2. The maximum atomic E-state index is 11.3. The molecule has 2 rings (SSSR count). The van der Waals surface area contributed by atoms with Gasteiger partial charge in [-0.3, -0.25) is 4.79 Å². The number of esters is 1. The van der Waals surface area contributed by atoms with E-state index < -0.39 is 8.07 Å². The fourth-order valence-electron chi connectivity index (χ4n) is 2.49. The molecule has 5 heteroatoms. The van der Waals surface area contributed by atoms with E-state index in [2.05, 4.69) is 49.2 Å². The number of benzene rings is 2. The van der Waals surface area contributed by atoms with Gasteiger partial charge in [-0.25, -0.2) is 0 Å². The number of ether oxygens (including phenoxy) is 2. The van der Waals surface area contributed by atoms with Crippen LogP contribution >= 0.6 is 0 Å². The normalized spacial score (nSPS) is 11.2. The van der Waals surface area contributed by atoms with Crippen molar-refractivity contribution in [1.82, 2.24) is 5.32 Å². The van der Waals surface area contributed by atoms with Gasteiger partial charge in [-0.05, 0) is 30.2 Å².